The number of benzene rings is 7. The Hall–Kier alpha value is -5.42. The molecule has 3 aliphatic rings. The molecule has 13 atom stereocenters. The summed E-state index contributed by atoms with van der Waals surface area (Å²) in [6.45, 7) is 2.14. The van der Waals surface area contributed by atoms with Crippen LogP contribution in [-0.4, -0.2) is 110 Å². The molecule has 10 rings (SSSR count). The molecule has 3 saturated heterocycles. The molecule has 0 aliphatic carbocycles. The zero-order valence-corrected chi connectivity index (χ0v) is 46.6. The van der Waals surface area contributed by atoms with Gasteiger partial charge in [-0.1, -0.05) is 24.3 Å². The van der Waals surface area contributed by atoms with Crippen LogP contribution in [0.25, 0.3) is 0 Å². The van der Waals surface area contributed by atoms with Crippen LogP contribution in [0.3, 0.4) is 0 Å². The molecule has 7 aromatic rings. The Bertz CT molecular complexity index is 2770. The molecule has 3 fully saturated rings. The molecular formula is C66H72O12Se. The van der Waals surface area contributed by atoms with Gasteiger partial charge in [0.05, 0.1) is 0 Å². The second-order valence-electron chi connectivity index (χ2n) is 20.0. The Kier molecular flexibility index (Phi) is 21.5. The van der Waals surface area contributed by atoms with E-state index in [4.69, 9.17) is 56.8 Å². The van der Waals surface area contributed by atoms with Gasteiger partial charge in [0.25, 0.3) is 0 Å². The van der Waals surface area contributed by atoms with Crippen LogP contribution in [0, 0.1) is 0 Å². The van der Waals surface area contributed by atoms with Crippen LogP contribution in [0.15, 0.2) is 212 Å². The molecule has 0 aromatic heterocycles. The van der Waals surface area contributed by atoms with Crippen LogP contribution >= 0.6 is 0 Å². The number of rotatable bonds is 27. The maximum absolute atomic E-state index is 7.51. The quantitative estimate of drug-likeness (QED) is 0.0457. The van der Waals surface area contributed by atoms with Gasteiger partial charge in [0.1, 0.15) is 0 Å². The van der Waals surface area contributed by atoms with E-state index in [1.807, 2.05) is 152 Å². The third kappa shape index (κ3) is 16.2. The van der Waals surface area contributed by atoms with E-state index in [1.54, 1.807) is 14.2 Å². The van der Waals surface area contributed by atoms with E-state index in [9.17, 15) is 0 Å². The summed E-state index contributed by atoms with van der Waals surface area (Å²) in [5, 5.41) is 0. The fraction of sp³-hybridized carbons (Fsp3) is 0.364. The Morgan fingerprint density at radius 2 is 0.722 bits per heavy atom. The molecule has 1 unspecified atom stereocenters. The third-order valence-electron chi connectivity index (χ3n) is 14.4. The summed E-state index contributed by atoms with van der Waals surface area (Å²) in [6, 6.07) is 71.4. The van der Waals surface area contributed by atoms with Crippen molar-refractivity contribution in [2.24, 2.45) is 0 Å². The van der Waals surface area contributed by atoms with Crippen molar-refractivity contribution in [3.8, 4) is 0 Å². The summed E-state index contributed by atoms with van der Waals surface area (Å²) in [7, 11) is 3.29. The van der Waals surface area contributed by atoms with Crippen molar-refractivity contribution in [2.75, 3.05) is 20.8 Å². The first-order valence-electron chi connectivity index (χ1n) is 27.3. The van der Waals surface area contributed by atoms with Gasteiger partial charge < -0.3 is 0 Å². The van der Waals surface area contributed by atoms with Gasteiger partial charge in [0, 0.05) is 0 Å². The topological polar surface area (TPSA) is 111 Å². The third-order valence-corrected chi connectivity index (χ3v) is 17.1. The predicted molar refractivity (Wildman–Crippen MR) is 301 cm³/mol. The van der Waals surface area contributed by atoms with Gasteiger partial charge in [-0.15, -0.1) is 0 Å². The van der Waals surface area contributed by atoms with Crippen molar-refractivity contribution < 1.29 is 56.8 Å². The van der Waals surface area contributed by atoms with Crippen LogP contribution in [0.2, 0.25) is 4.82 Å². The summed E-state index contributed by atoms with van der Waals surface area (Å²) < 4.78 is 83.6. The van der Waals surface area contributed by atoms with Crippen molar-refractivity contribution in [2.45, 2.75) is 131 Å². The van der Waals surface area contributed by atoms with E-state index in [1.165, 1.54) is 4.46 Å². The molecule has 0 spiro atoms. The van der Waals surface area contributed by atoms with E-state index in [0.29, 0.717) is 52.5 Å². The summed E-state index contributed by atoms with van der Waals surface area (Å²) in [6.07, 6.45) is -6.64. The summed E-state index contributed by atoms with van der Waals surface area (Å²) in [4.78, 5) is -0.0398. The average molecular weight is 1140 g/mol. The predicted octanol–water partition coefficient (Wildman–Crippen LogP) is 10.6. The molecule has 12 nitrogen and oxygen atoms in total. The van der Waals surface area contributed by atoms with E-state index < -0.39 is 67.7 Å². The summed E-state index contributed by atoms with van der Waals surface area (Å²) in [5.41, 5.74) is 6.13. The second kappa shape index (κ2) is 29.9. The van der Waals surface area contributed by atoms with Crippen molar-refractivity contribution in [1.29, 1.82) is 0 Å². The Labute approximate surface area is 471 Å². The van der Waals surface area contributed by atoms with Crippen molar-refractivity contribution in [3.63, 3.8) is 0 Å². The SMILES string of the molecule is CO[C@H]1O[C@H](COCc2ccccc2)[C@@H](O[C@@H]2O[C@@H](CC3O[C@H](OC)[C@H](OCc4ccccc4)[C@@H](OCc4ccccc4)[C@@H]3OCc3ccccc3)C[C@H]2[Se]c2ccccc2)[C@H](OCc2ccccc2)[C@H]1OCc1ccccc1. The Balaban J connectivity index is 0.969. The van der Waals surface area contributed by atoms with Crippen molar-refractivity contribution >= 4 is 19.4 Å². The van der Waals surface area contributed by atoms with Gasteiger partial charge in [-0.2, -0.15) is 0 Å². The van der Waals surface area contributed by atoms with Crippen LogP contribution in [0.5, 0.6) is 0 Å². The molecule has 0 bridgehead atoms. The Morgan fingerprint density at radius 3 is 1.14 bits per heavy atom. The maximum atomic E-state index is 7.51. The van der Waals surface area contributed by atoms with Gasteiger partial charge in [-0.25, -0.2) is 0 Å². The molecule has 3 heterocycles. The van der Waals surface area contributed by atoms with Gasteiger partial charge >= 0.3 is 450 Å². The number of methoxy groups -OCH3 is 2. The molecule has 0 saturated carbocycles. The first kappa shape index (κ1) is 56.8. The molecule has 0 N–H and O–H groups in total. The van der Waals surface area contributed by atoms with Gasteiger partial charge in [0.15, 0.2) is 0 Å². The monoisotopic (exact) mass is 1140 g/mol. The van der Waals surface area contributed by atoms with E-state index in [-0.39, 0.29) is 32.5 Å². The molecule has 414 valence electrons. The average Bonchev–Trinajstić information content (AvgIpc) is 3.91. The molecule has 13 heteroatoms. The fourth-order valence-electron chi connectivity index (χ4n) is 10.4. The molecule has 3 aliphatic heterocycles. The molecule has 79 heavy (non-hydrogen) atoms. The fourth-order valence-corrected chi connectivity index (χ4v) is 13.0. The first-order valence-corrected chi connectivity index (χ1v) is 29.2. The van der Waals surface area contributed by atoms with Crippen molar-refractivity contribution in [3.05, 3.63) is 246 Å². The van der Waals surface area contributed by atoms with E-state index in [0.717, 1.165) is 33.4 Å². The van der Waals surface area contributed by atoms with Crippen molar-refractivity contribution in [1.82, 2.24) is 0 Å². The van der Waals surface area contributed by atoms with Crippen LogP contribution < -0.4 is 4.46 Å². The van der Waals surface area contributed by atoms with E-state index >= 15 is 0 Å². The van der Waals surface area contributed by atoms with Gasteiger partial charge in [-0.3, -0.25) is 0 Å². The molecule has 7 aromatic carbocycles. The molecule has 0 amide bonds. The Morgan fingerprint density at radius 1 is 0.367 bits per heavy atom. The van der Waals surface area contributed by atoms with E-state index in [2.05, 4.69) is 60.7 Å². The number of hydrogen-bond acceptors (Lipinski definition) is 12. The molecular weight excluding hydrogens is 1060 g/mol. The van der Waals surface area contributed by atoms with Gasteiger partial charge in [0.2, 0.25) is 0 Å². The minimum absolute atomic E-state index is 0.0398. The first-order chi connectivity index (χ1) is 39.1. The van der Waals surface area contributed by atoms with Crippen LogP contribution in [0.1, 0.15) is 46.2 Å². The number of ether oxygens (including phenoxy) is 12. The molecule has 0 radical (unpaired) electrons. The standard InChI is InChI=1S/C66H72O12Se/c1-67-65-62(73-44-51-32-18-7-19-33-51)60(71-42-49-28-14-5-15-29-49)58(70-41-48-26-12-4-13-27-48)55(76-65)38-53-39-57(79-54-36-22-9-23-37-54)64(75-53)78-59-56(46-69-40-47-24-10-3-11-25-47)77-66(68-2)63(74-45-52-34-20-8-21-35-52)61(59)72-43-50-30-16-6-17-31-50/h3-37,53,55-66H,38-46H2,1-2H3/t53-,55?,56+,57+,58+,59+,60-,61-,62+,63+,64-,65-,66-/m0/s1. The van der Waals surface area contributed by atoms with Gasteiger partial charge in [-0.05, 0) is 0 Å². The zero-order valence-electron chi connectivity index (χ0n) is 44.9. The second-order valence-corrected chi connectivity index (χ2v) is 22.8. The zero-order chi connectivity index (χ0) is 53.9. The minimum atomic E-state index is -0.807. The summed E-state index contributed by atoms with van der Waals surface area (Å²) in [5.74, 6) is 0. The van der Waals surface area contributed by atoms with Crippen LogP contribution in [-0.2, 0) is 96.5 Å². The summed E-state index contributed by atoms with van der Waals surface area (Å²) >= 11 is -0.0857. The number of hydrogen-bond donors (Lipinski definition) is 0. The normalized spacial score (nSPS) is 26.9. The van der Waals surface area contributed by atoms with Crippen LogP contribution in [0.4, 0.5) is 0 Å².